The average Bonchev–Trinajstić information content (AvgIpc) is 2.73. The molecular weight excluding hydrogens is 287 g/mol. The van der Waals surface area contributed by atoms with E-state index in [9.17, 15) is 23.1 Å². The number of hydrogen-bond acceptors (Lipinski definition) is 3. The highest BCUT2D eigenvalue weighted by Gasteiger charge is 2.57. The van der Waals surface area contributed by atoms with Crippen LogP contribution >= 0.6 is 0 Å². The molecule has 21 heavy (non-hydrogen) atoms. The quantitative estimate of drug-likeness (QED) is 0.841. The first-order valence-corrected chi connectivity index (χ1v) is 6.61. The number of amides is 1. The molecule has 1 rings (SSSR count). The molecule has 1 atom stereocenters. The molecule has 1 aromatic heterocycles. The molecule has 1 amide bonds. The summed E-state index contributed by atoms with van der Waals surface area (Å²) in [6.07, 6.45) is -2.83. The van der Waals surface area contributed by atoms with E-state index >= 15 is 0 Å². The van der Waals surface area contributed by atoms with Crippen molar-refractivity contribution >= 4 is 5.91 Å². The molecule has 0 saturated heterocycles. The molecule has 0 aliphatic rings. The van der Waals surface area contributed by atoms with Crippen molar-refractivity contribution < 1.29 is 23.1 Å². The number of aryl methyl sites for hydroxylation is 1. The van der Waals surface area contributed by atoms with Crippen LogP contribution in [-0.2, 0) is 17.4 Å². The molecule has 0 bridgehead atoms. The number of hydrogen-bond donors (Lipinski definition) is 2. The number of carbonyl (C=O) groups is 1. The number of rotatable bonds is 6. The van der Waals surface area contributed by atoms with Gasteiger partial charge in [0.2, 0.25) is 11.5 Å². The first kappa shape index (κ1) is 17.5. The van der Waals surface area contributed by atoms with Crippen molar-refractivity contribution in [2.75, 3.05) is 6.54 Å². The molecule has 0 spiro atoms. The summed E-state index contributed by atoms with van der Waals surface area (Å²) in [5, 5.41) is 12.4. The predicted molar refractivity (Wildman–Crippen MR) is 70.2 cm³/mol. The fourth-order valence-electron chi connectivity index (χ4n) is 1.97. The number of aromatic nitrogens is 2. The highest BCUT2D eigenvalue weighted by atomic mass is 19.4. The molecule has 0 radical (unpaired) electrons. The summed E-state index contributed by atoms with van der Waals surface area (Å²) in [4.78, 5) is 15.0. The van der Waals surface area contributed by atoms with Crippen LogP contribution in [0.3, 0.4) is 0 Å². The second-order valence-electron chi connectivity index (χ2n) is 5.42. The van der Waals surface area contributed by atoms with E-state index in [-0.39, 0.29) is 24.8 Å². The fourth-order valence-corrected chi connectivity index (χ4v) is 1.97. The molecule has 0 aromatic carbocycles. The van der Waals surface area contributed by atoms with Gasteiger partial charge < -0.3 is 15.0 Å². The van der Waals surface area contributed by atoms with Gasteiger partial charge in [0.25, 0.3) is 0 Å². The summed E-state index contributed by atoms with van der Waals surface area (Å²) >= 11 is 0. The zero-order valence-corrected chi connectivity index (χ0v) is 12.2. The van der Waals surface area contributed by atoms with Crippen molar-refractivity contribution in [1.82, 2.24) is 14.9 Å². The van der Waals surface area contributed by atoms with Crippen molar-refractivity contribution in [3.05, 3.63) is 18.2 Å². The minimum Gasteiger partial charge on any atom is -0.374 e. The third-order valence-corrected chi connectivity index (χ3v) is 3.06. The van der Waals surface area contributed by atoms with Gasteiger partial charge in [0.1, 0.15) is 5.82 Å². The minimum atomic E-state index is -4.88. The Morgan fingerprint density at radius 1 is 1.48 bits per heavy atom. The lowest BCUT2D eigenvalue weighted by Gasteiger charge is -2.30. The average molecular weight is 307 g/mol. The number of alkyl halides is 3. The minimum absolute atomic E-state index is 0.112. The van der Waals surface area contributed by atoms with Gasteiger partial charge in [-0.2, -0.15) is 13.2 Å². The second-order valence-corrected chi connectivity index (χ2v) is 5.42. The van der Waals surface area contributed by atoms with Gasteiger partial charge in [0.15, 0.2) is 0 Å². The van der Waals surface area contributed by atoms with Gasteiger partial charge >= 0.3 is 6.18 Å². The summed E-state index contributed by atoms with van der Waals surface area (Å²) < 4.78 is 40.6. The fraction of sp³-hybridized carbons (Fsp3) is 0.692. The molecule has 5 nitrogen and oxygen atoms in total. The molecule has 1 aromatic rings. The van der Waals surface area contributed by atoms with Gasteiger partial charge in [-0.15, -0.1) is 0 Å². The van der Waals surface area contributed by atoms with Crippen LogP contribution in [0.25, 0.3) is 0 Å². The topological polar surface area (TPSA) is 67.2 Å². The van der Waals surface area contributed by atoms with E-state index in [1.54, 1.807) is 0 Å². The number of halogens is 3. The normalized spacial score (nSPS) is 15.0. The van der Waals surface area contributed by atoms with E-state index in [1.807, 2.05) is 13.8 Å². The Balaban J connectivity index is 2.78. The van der Waals surface area contributed by atoms with Crippen LogP contribution in [0.5, 0.6) is 0 Å². The first-order valence-electron chi connectivity index (χ1n) is 6.61. The SMILES string of the molecule is CC(C)CC(=O)NCCC(O)(c1nccn1C)C(F)(F)F. The Labute approximate surface area is 121 Å². The van der Waals surface area contributed by atoms with E-state index < -0.39 is 24.0 Å². The lowest BCUT2D eigenvalue weighted by atomic mass is 9.97. The Kier molecular flexibility index (Phi) is 5.38. The molecular formula is C13H20F3N3O2. The van der Waals surface area contributed by atoms with Gasteiger partial charge in [-0.1, -0.05) is 13.8 Å². The third-order valence-electron chi connectivity index (χ3n) is 3.06. The molecule has 0 aliphatic carbocycles. The molecule has 8 heteroatoms. The van der Waals surface area contributed by atoms with Crippen LogP contribution in [0.15, 0.2) is 12.4 Å². The Morgan fingerprint density at radius 3 is 2.52 bits per heavy atom. The molecule has 1 unspecified atom stereocenters. The van der Waals surface area contributed by atoms with Crippen molar-refractivity contribution in [3.8, 4) is 0 Å². The molecule has 0 fully saturated rings. The van der Waals surface area contributed by atoms with Gasteiger partial charge in [-0.05, 0) is 5.92 Å². The largest absolute Gasteiger partial charge is 0.424 e. The van der Waals surface area contributed by atoms with Crippen LogP contribution < -0.4 is 5.32 Å². The maximum atomic E-state index is 13.2. The Bertz CT molecular complexity index is 485. The van der Waals surface area contributed by atoms with E-state index in [0.29, 0.717) is 0 Å². The standard InChI is InChI=1S/C13H20F3N3O2/c1-9(2)8-10(20)17-5-4-12(21,13(14,15)16)11-18-6-7-19(11)3/h6-7,9,21H,4-5,8H2,1-3H3,(H,17,20). The molecule has 1 heterocycles. The lowest BCUT2D eigenvalue weighted by Crippen LogP contribution is -2.46. The van der Waals surface area contributed by atoms with E-state index in [1.165, 1.54) is 19.4 Å². The zero-order chi connectivity index (χ0) is 16.3. The first-order chi connectivity index (χ1) is 9.58. The van der Waals surface area contributed by atoms with Gasteiger partial charge in [0.05, 0.1) is 0 Å². The summed E-state index contributed by atoms with van der Waals surface area (Å²) in [7, 11) is 1.37. The van der Waals surface area contributed by atoms with Crippen LogP contribution in [-0.4, -0.2) is 33.3 Å². The number of nitrogens with one attached hydrogen (secondary N) is 1. The van der Waals surface area contributed by atoms with Crippen LogP contribution in [0, 0.1) is 5.92 Å². The van der Waals surface area contributed by atoms with Crippen molar-refractivity contribution in [2.45, 2.75) is 38.5 Å². The van der Waals surface area contributed by atoms with E-state index in [2.05, 4.69) is 10.3 Å². The monoisotopic (exact) mass is 307 g/mol. The number of carbonyl (C=O) groups excluding carboxylic acids is 1. The highest BCUT2D eigenvalue weighted by molar-refractivity contribution is 5.75. The Hall–Kier alpha value is -1.57. The number of nitrogens with zero attached hydrogens (tertiary/aromatic N) is 2. The van der Waals surface area contributed by atoms with Crippen molar-refractivity contribution in [3.63, 3.8) is 0 Å². The predicted octanol–water partition coefficient (Wildman–Crippen LogP) is 1.72. The van der Waals surface area contributed by atoms with Crippen molar-refractivity contribution in [2.24, 2.45) is 13.0 Å². The highest BCUT2D eigenvalue weighted by Crippen LogP contribution is 2.40. The van der Waals surface area contributed by atoms with Gasteiger partial charge in [-0.25, -0.2) is 4.98 Å². The molecule has 0 saturated carbocycles. The molecule has 120 valence electrons. The summed E-state index contributed by atoms with van der Waals surface area (Å²) in [5.41, 5.74) is -3.09. The summed E-state index contributed by atoms with van der Waals surface area (Å²) in [5.74, 6) is -0.719. The molecule has 0 aliphatic heterocycles. The van der Waals surface area contributed by atoms with Crippen molar-refractivity contribution in [1.29, 1.82) is 0 Å². The maximum Gasteiger partial charge on any atom is 0.424 e. The summed E-state index contributed by atoms with van der Waals surface area (Å²) in [6, 6.07) is 0. The van der Waals surface area contributed by atoms with Gasteiger partial charge in [0, 0.05) is 38.8 Å². The van der Waals surface area contributed by atoms with Crippen LogP contribution in [0.1, 0.15) is 32.5 Å². The van der Waals surface area contributed by atoms with E-state index in [0.717, 1.165) is 4.57 Å². The van der Waals surface area contributed by atoms with Gasteiger partial charge in [-0.3, -0.25) is 4.79 Å². The number of imidazole rings is 1. The third kappa shape index (κ3) is 4.20. The number of aliphatic hydroxyl groups is 1. The zero-order valence-electron chi connectivity index (χ0n) is 12.2. The lowest BCUT2D eigenvalue weighted by molar-refractivity contribution is -0.272. The molecule has 2 N–H and O–H groups in total. The smallest absolute Gasteiger partial charge is 0.374 e. The Morgan fingerprint density at radius 2 is 2.10 bits per heavy atom. The summed E-state index contributed by atoms with van der Waals surface area (Å²) in [6.45, 7) is 3.38. The van der Waals surface area contributed by atoms with E-state index in [4.69, 9.17) is 0 Å². The maximum absolute atomic E-state index is 13.2. The second kappa shape index (κ2) is 6.46. The van der Waals surface area contributed by atoms with Crippen LogP contribution in [0.2, 0.25) is 0 Å². The van der Waals surface area contributed by atoms with Crippen LogP contribution in [0.4, 0.5) is 13.2 Å².